The lowest BCUT2D eigenvalue weighted by Crippen LogP contribution is -2.43. The fourth-order valence-electron chi connectivity index (χ4n) is 1.17. The van der Waals surface area contributed by atoms with Crippen LogP contribution in [0.4, 0.5) is 0 Å². The molecular weight excluding hydrogens is 262 g/mol. The summed E-state index contributed by atoms with van der Waals surface area (Å²) in [4.78, 5) is 35.5. The van der Waals surface area contributed by atoms with Gasteiger partial charge in [0.2, 0.25) is 11.8 Å². The van der Waals surface area contributed by atoms with Crippen molar-refractivity contribution in [2.45, 2.75) is 4.90 Å². The number of thiol groups is 1. The first-order valence-corrected chi connectivity index (χ1v) is 5.86. The Kier molecular flexibility index (Phi) is 4.53. The first-order valence-electron chi connectivity index (χ1n) is 4.53. The summed E-state index contributed by atoms with van der Waals surface area (Å²) in [6.07, 6.45) is 0. The van der Waals surface area contributed by atoms with Crippen molar-refractivity contribution in [2.24, 2.45) is 11.5 Å². The number of amides is 3. The van der Waals surface area contributed by atoms with E-state index in [-0.39, 0.29) is 13.1 Å². The molecule has 0 saturated carbocycles. The lowest BCUT2D eigenvalue weighted by Gasteiger charge is -2.18. The average Bonchev–Trinajstić information content (AvgIpc) is 2.61. The normalized spacial score (nSPS) is 9.94. The van der Waals surface area contributed by atoms with Gasteiger partial charge in [0.05, 0.1) is 4.88 Å². The van der Waals surface area contributed by atoms with Crippen molar-refractivity contribution >= 4 is 41.7 Å². The van der Waals surface area contributed by atoms with Gasteiger partial charge >= 0.3 is 0 Å². The van der Waals surface area contributed by atoms with E-state index in [1.807, 2.05) is 0 Å². The van der Waals surface area contributed by atoms with Crippen molar-refractivity contribution in [2.75, 3.05) is 13.1 Å². The van der Waals surface area contributed by atoms with E-state index in [1.54, 1.807) is 11.4 Å². The van der Waals surface area contributed by atoms with Crippen LogP contribution in [0, 0.1) is 0 Å². The average molecular weight is 273 g/mol. The van der Waals surface area contributed by atoms with Crippen molar-refractivity contribution in [1.82, 2.24) is 4.90 Å². The van der Waals surface area contributed by atoms with Crippen LogP contribution in [0.15, 0.2) is 16.3 Å². The highest BCUT2D eigenvalue weighted by molar-refractivity contribution is 7.80. The molecule has 1 aromatic heterocycles. The standard InChI is InChI=1S/C9H11N3O3S2/c10-7(13)2-12(3-8(11)14)9(15)6-1-5(16)4-17-6/h1,4,16H,2-3H2,(H2,10,13)(H2,11,14). The number of nitrogens with two attached hydrogens (primary N) is 2. The molecule has 0 unspecified atom stereocenters. The molecule has 17 heavy (non-hydrogen) atoms. The maximum absolute atomic E-state index is 11.9. The first kappa shape index (κ1) is 13.5. The first-order chi connectivity index (χ1) is 7.90. The zero-order chi connectivity index (χ0) is 13.0. The van der Waals surface area contributed by atoms with Crippen LogP contribution in [0.3, 0.4) is 0 Å². The Balaban J connectivity index is 2.85. The van der Waals surface area contributed by atoms with Gasteiger partial charge in [0.1, 0.15) is 13.1 Å². The number of rotatable bonds is 5. The van der Waals surface area contributed by atoms with Crippen LogP contribution in [0.25, 0.3) is 0 Å². The summed E-state index contributed by atoms with van der Waals surface area (Å²) in [6, 6.07) is 1.55. The van der Waals surface area contributed by atoms with Gasteiger partial charge in [-0.25, -0.2) is 0 Å². The molecule has 0 radical (unpaired) electrons. The van der Waals surface area contributed by atoms with Crippen LogP contribution >= 0.6 is 24.0 Å². The van der Waals surface area contributed by atoms with Gasteiger partial charge in [0.15, 0.2) is 0 Å². The molecule has 0 atom stereocenters. The summed E-state index contributed by atoms with van der Waals surface area (Å²) in [5, 5.41) is 1.67. The number of hydrogen-bond acceptors (Lipinski definition) is 5. The Morgan fingerprint density at radius 1 is 1.24 bits per heavy atom. The maximum atomic E-state index is 11.9. The van der Waals surface area contributed by atoms with Gasteiger partial charge in [-0.3, -0.25) is 14.4 Å². The van der Waals surface area contributed by atoms with E-state index in [0.717, 1.165) is 4.90 Å². The molecule has 1 rings (SSSR count). The monoisotopic (exact) mass is 273 g/mol. The lowest BCUT2D eigenvalue weighted by molar-refractivity contribution is -0.121. The lowest BCUT2D eigenvalue weighted by atomic mass is 10.3. The number of carbonyl (C=O) groups is 3. The fourth-order valence-corrected chi connectivity index (χ4v) is 2.29. The summed E-state index contributed by atoms with van der Waals surface area (Å²) in [5.41, 5.74) is 9.99. The number of carbonyl (C=O) groups excluding carboxylic acids is 3. The maximum Gasteiger partial charge on any atom is 0.264 e. The molecule has 0 aromatic carbocycles. The molecule has 0 aliphatic rings. The van der Waals surface area contributed by atoms with Gasteiger partial charge in [0.25, 0.3) is 5.91 Å². The second-order valence-corrected chi connectivity index (χ2v) is 4.69. The minimum atomic E-state index is -0.706. The predicted octanol–water partition coefficient (Wildman–Crippen LogP) is -0.550. The van der Waals surface area contributed by atoms with Crippen LogP contribution < -0.4 is 11.5 Å². The Labute approximate surface area is 107 Å². The van der Waals surface area contributed by atoms with Gasteiger partial charge in [-0.2, -0.15) is 0 Å². The summed E-state index contributed by atoms with van der Waals surface area (Å²) in [7, 11) is 0. The molecule has 8 heteroatoms. The van der Waals surface area contributed by atoms with Crippen LogP contribution in [0.1, 0.15) is 9.67 Å². The molecule has 1 heterocycles. The van der Waals surface area contributed by atoms with Crippen molar-refractivity contribution in [3.05, 3.63) is 16.3 Å². The van der Waals surface area contributed by atoms with Crippen LogP contribution in [0.5, 0.6) is 0 Å². The van der Waals surface area contributed by atoms with E-state index in [9.17, 15) is 14.4 Å². The second kappa shape index (κ2) is 5.69. The molecule has 4 N–H and O–H groups in total. The van der Waals surface area contributed by atoms with Crippen LogP contribution in [0.2, 0.25) is 0 Å². The Morgan fingerprint density at radius 3 is 2.12 bits per heavy atom. The van der Waals surface area contributed by atoms with Gasteiger partial charge in [0, 0.05) is 10.3 Å². The van der Waals surface area contributed by atoms with E-state index in [2.05, 4.69) is 12.6 Å². The zero-order valence-corrected chi connectivity index (χ0v) is 10.5. The topological polar surface area (TPSA) is 106 Å². The quantitative estimate of drug-likeness (QED) is 0.626. The van der Waals surface area contributed by atoms with E-state index in [4.69, 9.17) is 11.5 Å². The minimum absolute atomic E-state index is 0.346. The number of nitrogens with zero attached hydrogens (tertiary/aromatic N) is 1. The second-order valence-electron chi connectivity index (χ2n) is 3.26. The van der Waals surface area contributed by atoms with Gasteiger partial charge < -0.3 is 16.4 Å². The smallest absolute Gasteiger partial charge is 0.264 e. The highest BCUT2D eigenvalue weighted by atomic mass is 32.1. The molecule has 0 aliphatic heterocycles. The van der Waals surface area contributed by atoms with Gasteiger partial charge in [-0.05, 0) is 6.07 Å². The van der Waals surface area contributed by atoms with Crippen molar-refractivity contribution in [3.8, 4) is 0 Å². The van der Waals surface area contributed by atoms with Crippen LogP contribution in [-0.2, 0) is 9.59 Å². The summed E-state index contributed by atoms with van der Waals surface area (Å²) in [5.74, 6) is -1.88. The fraction of sp³-hybridized carbons (Fsp3) is 0.222. The number of primary amides is 2. The number of hydrogen-bond donors (Lipinski definition) is 3. The molecule has 0 spiro atoms. The van der Waals surface area contributed by atoms with Crippen molar-refractivity contribution < 1.29 is 14.4 Å². The Bertz CT molecular complexity index is 442. The van der Waals surface area contributed by atoms with Crippen LogP contribution in [-0.4, -0.2) is 35.7 Å². The third-order valence-electron chi connectivity index (χ3n) is 1.78. The Morgan fingerprint density at radius 2 is 1.76 bits per heavy atom. The van der Waals surface area contributed by atoms with E-state index >= 15 is 0 Å². The highest BCUT2D eigenvalue weighted by Gasteiger charge is 2.20. The third-order valence-corrected chi connectivity index (χ3v) is 3.13. The number of thiophene rings is 1. The van der Waals surface area contributed by atoms with Gasteiger partial charge in [-0.1, -0.05) is 0 Å². The van der Waals surface area contributed by atoms with E-state index < -0.39 is 17.7 Å². The molecule has 0 aliphatic carbocycles. The Hall–Kier alpha value is -1.54. The zero-order valence-electron chi connectivity index (χ0n) is 8.75. The van der Waals surface area contributed by atoms with E-state index in [0.29, 0.717) is 9.77 Å². The molecule has 3 amide bonds. The molecular formula is C9H11N3O3S2. The summed E-state index contributed by atoms with van der Waals surface area (Å²) >= 11 is 5.23. The van der Waals surface area contributed by atoms with E-state index in [1.165, 1.54) is 11.3 Å². The SMILES string of the molecule is NC(=O)CN(CC(N)=O)C(=O)c1cc(S)cs1. The summed E-state index contributed by atoms with van der Waals surface area (Å²) < 4.78 is 0. The molecule has 0 fully saturated rings. The minimum Gasteiger partial charge on any atom is -0.368 e. The highest BCUT2D eigenvalue weighted by Crippen LogP contribution is 2.19. The largest absolute Gasteiger partial charge is 0.368 e. The molecule has 6 nitrogen and oxygen atoms in total. The molecule has 0 saturated heterocycles. The predicted molar refractivity (Wildman–Crippen MR) is 65.9 cm³/mol. The third kappa shape index (κ3) is 4.08. The van der Waals surface area contributed by atoms with Crippen molar-refractivity contribution in [1.29, 1.82) is 0 Å². The molecule has 1 aromatic rings. The molecule has 92 valence electrons. The van der Waals surface area contributed by atoms with Gasteiger partial charge in [-0.15, -0.1) is 24.0 Å². The summed E-state index contributed by atoms with van der Waals surface area (Å²) in [6.45, 7) is -0.691. The van der Waals surface area contributed by atoms with Crippen molar-refractivity contribution in [3.63, 3.8) is 0 Å². The molecule has 0 bridgehead atoms.